The van der Waals surface area contributed by atoms with E-state index in [1.807, 2.05) is 54.8 Å². The van der Waals surface area contributed by atoms with Gasteiger partial charge in [-0.15, -0.1) is 0 Å². The highest BCUT2D eigenvalue weighted by atomic mass is 16.5. The molecule has 3 aromatic heterocycles. The maximum atomic E-state index is 12.6. The van der Waals surface area contributed by atoms with Gasteiger partial charge in [-0.25, -0.2) is 14.5 Å². The van der Waals surface area contributed by atoms with E-state index in [2.05, 4.69) is 15.4 Å². The molecule has 1 amide bonds. The molecular weight excluding hydrogens is 406 g/mol. The number of pyridine rings is 1. The first-order valence-electron chi connectivity index (χ1n) is 10.6. The lowest BCUT2D eigenvalue weighted by atomic mass is 10.1. The number of benzene rings is 1. The van der Waals surface area contributed by atoms with Crippen molar-refractivity contribution in [1.29, 1.82) is 0 Å². The van der Waals surface area contributed by atoms with Gasteiger partial charge in [-0.3, -0.25) is 4.79 Å². The van der Waals surface area contributed by atoms with Gasteiger partial charge >= 0.3 is 0 Å². The average molecular weight is 434 g/mol. The van der Waals surface area contributed by atoms with Crippen molar-refractivity contribution < 1.29 is 14.3 Å². The molecule has 0 saturated carbocycles. The lowest BCUT2D eigenvalue weighted by Gasteiger charge is -2.12. The Morgan fingerprint density at radius 3 is 2.81 bits per heavy atom. The molecule has 0 bridgehead atoms. The third-order valence-corrected chi connectivity index (χ3v) is 5.47. The molecule has 0 spiro atoms. The zero-order valence-electron chi connectivity index (χ0n) is 18.6. The number of aryl methyl sites for hydroxylation is 2. The SMILES string of the molecule is COCCOc1ncccc1CNC(=O)CCc1c(C)nc2c3ccccc3nn2c1C. The van der Waals surface area contributed by atoms with Crippen LogP contribution in [0.3, 0.4) is 0 Å². The normalized spacial score (nSPS) is 11.2. The van der Waals surface area contributed by atoms with Gasteiger partial charge in [0.05, 0.1) is 12.1 Å². The van der Waals surface area contributed by atoms with Crippen LogP contribution in [0, 0.1) is 13.8 Å². The van der Waals surface area contributed by atoms with Gasteiger partial charge in [-0.1, -0.05) is 18.2 Å². The van der Waals surface area contributed by atoms with Gasteiger partial charge in [0.2, 0.25) is 11.8 Å². The Labute approximate surface area is 186 Å². The molecule has 0 unspecified atom stereocenters. The van der Waals surface area contributed by atoms with Crippen LogP contribution in [0.4, 0.5) is 0 Å². The molecule has 0 radical (unpaired) electrons. The molecule has 0 atom stereocenters. The highest BCUT2D eigenvalue weighted by Crippen LogP contribution is 2.23. The maximum absolute atomic E-state index is 12.6. The molecule has 1 N–H and O–H groups in total. The molecule has 8 heteroatoms. The fourth-order valence-electron chi connectivity index (χ4n) is 3.77. The first-order chi connectivity index (χ1) is 15.6. The van der Waals surface area contributed by atoms with E-state index in [9.17, 15) is 4.79 Å². The van der Waals surface area contributed by atoms with Crippen LogP contribution in [-0.2, 0) is 22.5 Å². The fourth-order valence-corrected chi connectivity index (χ4v) is 3.77. The third kappa shape index (κ3) is 4.55. The predicted octanol–water partition coefficient (Wildman–Crippen LogP) is 3.17. The summed E-state index contributed by atoms with van der Waals surface area (Å²) in [5, 5.41) is 8.68. The lowest BCUT2D eigenvalue weighted by molar-refractivity contribution is -0.121. The molecule has 32 heavy (non-hydrogen) atoms. The molecule has 8 nitrogen and oxygen atoms in total. The summed E-state index contributed by atoms with van der Waals surface area (Å²) >= 11 is 0. The second-order valence-corrected chi connectivity index (χ2v) is 7.60. The number of carbonyl (C=O) groups is 1. The monoisotopic (exact) mass is 433 g/mol. The Morgan fingerprint density at radius 2 is 1.97 bits per heavy atom. The maximum Gasteiger partial charge on any atom is 0.220 e. The van der Waals surface area contributed by atoms with Crippen LogP contribution in [0.15, 0.2) is 42.6 Å². The van der Waals surface area contributed by atoms with Gasteiger partial charge in [-0.2, -0.15) is 5.10 Å². The number of rotatable bonds is 9. The summed E-state index contributed by atoms with van der Waals surface area (Å²) < 4.78 is 12.5. The summed E-state index contributed by atoms with van der Waals surface area (Å²) in [5.74, 6) is 0.471. The minimum atomic E-state index is -0.0405. The fraction of sp³-hybridized carbons (Fsp3) is 0.333. The molecule has 0 aliphatic carbocycles. The Kier molecular flexibility index (Phi) is 6.61. The van der Waals surface area contributed by atoms with E-state index >= 15 is 0 Å². The number of aromatic nitrogens is 4. The molecular formula is C24H27N5O3. The zero-order valence-corrected chi connectivity index (χ0v) is 18.6. The Bertz CT molecular complexity index is 1250. The molecule has 166 valence electrons. The van der Waals surface area contributed by atoms with Crippen LogP contribution in [0.1, 0.15) is 28.9 Å². The Balaban J connectivity index is 1.42. The zero-order chi connectivity index (χ0) is 22.5. The van der Waals surface area contributed by atoms with E-state index < -0.39 is 0 Å². The first-order valence-corrected chi connectivity index (χ1v) is 10.6. The van der Waals surface area contributed by atoms with Crippen molar-refractivity contribution in [2.45, 2.75) is 33.2 Å². The average Bonchev–Trinajstić information content (AvgIpc) is 3.17. The number of hydrogen-bond donors (Lipinski definition) is 1. The van der Waals surface area contributed by atoms with Crippen LogP contribution < -0.4 is 10.1 Å². The number of nitrogens with zero attached hydrogens (tertiary/aromatic N) is 4. The van der Waals surface area contributed by atoms with Crippen LogP contribution in [0.25, 0.3) is 16.6 Å². The highest BCUT2D eigenvalue weighted by molar-refractivity contribution is 5.92. The van der Waals surface area contributed by atoms with E-state index in [0.717, 1.165) is 39.1 Å². The number of amides is 1. The van der Waals surface area contributed by atoms with Gasteiger partial charge in [0.1, 0.15) is 6.61 Å². The summed E-state index contributed by atoms with van der Waals surface area (Å²) in [6.07, 6.45) is 2.61. The molecule has 4 rings (SSSR count). The van der Waals surface area contributed by atoms with Crippen LogP contribution >= 0.6 is 0 Å². The number of ether oxygens (including phenoxy) is 2. The molecule has 0 aliphatic heterocycles. The van der Waals surface area contributed by atoms with Crippen LogP contribution in [0.2, 0.25) is 0 Å². The van der Waals surface area contributed by atoms with E-state index in [1.54, 1.807) is 13.3 Å². The van der Waals surface area contributed by atoms with Crippen LogP contribution in [0.5, 0.6) is 5.88 Å². The van der Waals surface area contributed by atoms with Gasteiger partial charge in [0, 0.05) is 48.6 Å². The van der Waals surface area contributed by atoms with Crippen molar-refractivity contribution >= 4 is 22.5 Å². The predicted molar refractivity (Wildman–Crippen MR) is 122 cm³/mol. The van der Waals surface area contributed by atoms with E-state index in [4.69, 9.17) is 14.5 Å². The lowest BCUT2D eigenvalue weighted by Crippen LogP contribution is -2.24. The van der Waals surface area contributed by atoms with Gasteiger partial charge in [-0.05, 0) is 44.0 Å². The van der Waals surface area contributed by atoms with Crippen molar-refractivity contribution in [1.82, 2.24) is 24.9 Å². The van der Waals surface area contributed by atoms with Gasteiger partial charge < -0.3 is 14.8 Å². The standard InChI is InChI=1S/C24H27N5O3/c1-16-19(17(2)29-23(27-16)20-8-4-5-9-21(20)28-29)10-11-22(30)26-15-18-7-6-12-25-24(18)32-14-13-31-3/h4-9,12H,10-11,13-15H2,1-3H3,(H,26,30). The molecule has 0 fully saturated rings. The van der Waals surface area contributed by atoms with Gasteiger partial charge in [0.25, 0.3) is 0 Å². The van der Waals surface area contributed by atoms with Crippen molar-refractivity contribution in [3.63, 3.8) is 0 Å². The highest BCUT2D eigenvalue weighted by Gasteiger charge is 2.15. The number of methoxy groups -OCH3 is 1. The molecule has 0 saturated heterocycles. The second kappa shape index (κ2) is 9.74. The minimum absolute atomic E-state index is 0.0405. The quantitative estimate of drug-likeness (QED) is 0.408. The largest absolute Gasteiger partial charge is 0.475 e. The summed E-state index contributed by atoms with van der Waals surface area (Å²) in [5.41, 5.74) is 5.58. The van der Waals surface area contributed by atoms with Crippen molar-refractivity contribution in [2.75, 3.05) is 20.3 Å². The summed E-state index contributed by atoms with van der Waals surface area (Å²) in [6, 6.07) is 11.7. The molecule has 3 heterocycles. The molecule has 0 aliphatic rings. The van der Waals surface area contributed by atoms with Crippen molar-refractivity contribution in [2.24, 2.45) is 0 Å². The van der Waals surface area contributed by atoms with Crippen molar-refractivity contribution in [3.8, 4) is 5.88 Å². The van der Waals surface area contributed by atoms with E-state index in [-0.39, 0.29) is 5.91 Å². The summed E-state index contributed by atoms with van der Waals surface area (Å²) in [6.45, 7) is 5.26. The topological polar surface area (TPSA) is 90.6 Å². The number of nitrogens with one attached hydrogen (secondary N) is 1. The van der Waals surface area contributed by atoms with Crippen molar-refractivity contribution in [3.05, 3.63) is 65.1 Å². The number of fused-ring (bicyclic) bond motifs is 3. The molecule has 4 aromatic rings. The smallest absolute Gasteiger partial charge is 0.220 e. The van der Waals surface area contributed by atoms with E-state index in [1.165, 1.54) is 0 Å². The third-order valence-electron chi connectivity index (χ3n) is 5.47. The summed E-state index contributed by atoms with van der Waals surface area (Å²) in [4.78, 5) is 21.6. The number of hydrogen-bond acceptors (Lipinski definition) is 6. The Morgan fingerprint density at radius 1 is 1.12 bits per heavy atom. The first kappa shape index (κ1) is 21.7. The minimum Gasteiger partial charge on any atom is -0.475 e. The second-order valence-electron chi connectivity index (χ2n) is 7.60. The Hall–Kier alpha value is -3.52. The van der Waals surface area contributed by atoms with E-state index in [0.29, 0.717) is 38.5 Å². The summed E-state index contributed by atoms with van der Waals surface area (Å²) in [7, 11) is 1.62. The van der Waals surface area contributed by atoms with Gasteiger partial charge in [0.15, 0.2) is 5.65 Å². The molecule has 1 aromatic carbocycles. The van der Waals surface area contributed by atoms with Crippen LogP contribution in [-0.4, -0.2) is 45.8 Å². The number of carbonyl (C=O) groups excluding carboxylic acids is 1.